The molecule has 3 aromatic rings. The van der Waals surface area contributed by atoms with Crippen LogP contribution >= 0.6 is 0 Å². The first kappa shape index (κ1) is 15.5. The Morgan fingerprint density at radius 3 is 2.54 bits per heavy atom. The van der Waals surface area contributed by atoms with Crippen LogP contribution in [0.1, 0.15) is 22.5 Å². The normalized spacial score (nSPS) is 10.3. The van der Waals surface area contributed by atoms with E-state index in [-0.39, 0.29) is 23.4 Å². The Morgan fingerprint density at radius 1 is 1.17 bits per heavy atom. The summed E-state index contributed by atoms with van der Waals surface area (Å²) in [6.07, 6.45) is 0.286. The second-order valence-corrected chi connectivity index (χ2v) is 5.48. The van der Waals surface area contributed by atoms with Crippen molar-refractivity contribution in [3.63, 3.8) is 0 Å². The van der Waals surface area contributed by atoms with Gasteiger partial charge in [-0.25, -0.2) is 4.98 Å². The number of benzene rings is 2. The lowest BCUT2D eigenvalue weighted by Gasteiger charge is -2.07. The summed E-state index contributed by atoms with van der Waals surface area (Å²) in [7, 11) is 0. The van der Waals surface area contributed by atoms with E-state index in [1.807, 2.05) is 42.5 Å². The average molecular weight is 317 g/mol. The number of rotatable bonds is 3. The molecule has 5 heteroatoms. The minimum Gasteiger partial charge on any atom is -0.493 e. The molecule has 0 bridgehead atoms. The van der Waals surface area contributed by atoms with Gasteiger partial charge in [0.25, 0.3) is 5.56 Å². The third-order valence-electron chi connectivity index (χ3n) is 3.81. The zero-order chi connectivity index (χ0) is 17.1. The van der Waals surface area contributed by atoms with Crippen LogP contribution in [0.3, 0.4) is 0 Å². The molecule has 0 radical (unpaired) electrons. The van der Waals surface area contributed by atoms with E-state index in [4.69, 9.17) is 0 Å². The number of aromatic hydroxyl groups is 1. The zero-order valence-corrected chi connectivity index (χ0v) is 13.1. The van der Waals surface area contributed by atoms with Crippen molar-refractivity contribution in [3.05, 3.63) is 81.4 Å². The predicted molar refractivity (Wildman–Crippen MR) is 90.7 cm³/mol. The SMILES string of the molecule is Cc1nc(O)c(Cc2ccc(-c3ccccc3C#N)cc2)c(=O)[nH]1. The van der Waals surface area contributed by atoms with Crippen LogP contribution in [0.5, 0.6) is 5.88 Å². The van der Waals surface area contributed by atoms with Crippen LogP contribution in [0.15, 0.2) is 53.3 Å². The van der Waals surface area contributed by atoms with Crippen molar-refractivity contribution in [2.24, 2.45) is 0 Å². The van der Waals surface area contributed by atoms with Crippen LogP contribution in [0.25, 0.3) is 11.1 Å². The molecule has 0 saturated carbocycles. The number of nitrogens with zero attached hydrogens (tertiary/aromatic N) is 2. The van der Waals surface area contributed by atoms with Crippen molar-refractivity contribution in [2.75, 3.05) is 0 Å². The van der Waals surface area contributed by atoms with E-state index in [1.165, 1.54) is 0 Å². The topological polar surface area (TPSA) is 89.8 Å². The van der Waals surface area contributed by atoms with Gasteiger partial charge < -0.3 is 10.1 Å². The van der Waals surface area contributed by atoms with E-state index in [1.54, 1.807) is 13.0 Å². The van der Waals surface area contributed by atoms with Crippen LogP contribution in [0, 0.1) is 18.3 Å². The first-order valence-electron chi connectivity index (χ1n) is 7.45. The maximum atomic E-state index is 11.9. The van der Waals surface area contributed by atoms with Crippen molar-refractivity contribution >= 4 is 0 Å². The molecular formula is C19H15N3O2. The van der Waals surface area contributed by atoms with Crippen molar-refractivity contribution in [1.29, 1.82) is 5.26 Å². The molecule has 1 aromatic heterocycles. The van der Waals surface area contributed by atoms with Gasteiger partial charge in [0.1, 0.15) is 5.82 Å². The highest BCUT2D eigenvalue weighted by molar-refractivity contribution is 5.70. The fourth-order valence-corrected chi connectivity index (χ4v) is 2.59. The summed E-state index contributed by atoms with van der Waals surface area (Å²) in [5.41, 5.74) is 3.19. The molecule has 0 amide bonds. The van der Waals surface area contributed by atoms with Gasteiger partial charge in [-0.1, -0.05) is 42.5 Å². The van der Waals surface area contributed by atoms with Gasteiger partial charge in [0.15, 0.2) is 0 Å². The Kier molecular flexibility index (Phi) is 4.13. The lowest BCUT2D eigenvalue weighted by molar-refractivity contribution is 0.442. The summed E-state index contributed by atoms with van der Waals surface area (Å²) in [5.74, 6) is 0.139. The number of nitrogens with one attached hydrogen (secondary N) is 1. The van der Waals surface area contributed by atoms with E-state index in [2.05, 4.69) is 16.0 Å². The molecule has 0 atom stereocenters. The van der Waals surface area contributed by atoms with E-state index in [0.717, 1.165) is 16.7 Å². The smallest absolute Gasteiger partial charge is 0.258 e. The highest BCUT2D eigenvalue weighted by atomic mass is 16.3. The van der Waals surface area contributed by atoms with Crippen LogP contribution < -0.4 is 5.56 Å². The van der Waals surface area contributed by atoms with Gasteiger partial charge in [-0.05, 0) is 29.7 Å². The maximum absolute atomic E-state index is 11.9. The number of hydrogen-bond donors (Lipinski definition) is 2. The van der Waals surface area contributed by atoms with Crippen molar-refractivity contribution in [2.45, 2.75) is 13.3 Å². The highest BCUT2D eigenvalue weighted by Crippen LogP contribution is 2.24. The van der Waals surface area contributed by atoms with Crippen LogP contribution in [-0.4, -0.2) is 15.1 Å². The van der Waals surface area contributed by atoms with Gasteiger partial charge in [0, 0.05) is 6.42 Å². The Balaban J connectivity index is 1.91. The zero-order valence-electron chi connectivity index (χ0n) is 13.1. The minimum absolute atomic E-state index is 0.241. The molecule has 0 saturated heterocycles. The first-order valence-corrected chi connectivity index (χ1v) is 7.45. The van der Waals surface area contributed by atoms with Gasteiger partial charge in [-0.15, -0.1) is 0 Å². The van der Waals surface area contributed by atoms with E-state index < -0.39 is 0 Å². The second-order valence-electron chi connectivity index (χ2n) is 5.48. The number of aromatic amines is 1. The highest BCUT2D eigenvalue weighted by Gasteiger charge is 2.10. The molecule has 0 unspecified atom stereocenters. The summed E-state index contributed by atoms with van der Waals surface area (Å²) in [6, 6.07) is 17.1. The van der Waals surface area contributed by atoms with Gasteiger partial charge in [0.05, 0.1) is 17.2 Å². The predicted octanol–water partition coefficient (Wildman–Crippen LogP) is 2.91. The molecular weight excluding hydrogens is 302 g/mol. The summed E-state index contributed by atoms with van der Waals surface area (Å²) in [4.78, 5) is 18.4. The van der Waals surface area contributed by atoms with Gasteiger partial charge in [0.2, 0.25) is 5.88 Å². The molecule has 2 N–H and O–H groups in total. The summed E-state index contributed by atoms with van der Waals surface area (Å²) >= 11 is 0. The number of H-pyrrole nitrogens is 1. The fourth-order valence-electron chi connectivity index (χ4n) is 2.59. The summed E-state index contributed by atoms with van der Waals surface area (Å²) in [5, 5.41) is 19.1. The Bertz CT molecular complexity index is 983. The average Bonchev–Trinajstić information content (AvgIpc) is 2.58. The van der Waals surface area contributed by atoms with E-state index in [9.17, 15) is 15.2 Å². The molecule has 2 aromatic carbocycles. The molecule has 0 aliphatic rings. The standard InChI is InChI=1S/C19H15N3O2/c1-12-21-18(23)17(19(24)22-12)10-13-6-8-14(9-7-13)16-5-3-2-4-15(16)11-20/h2-9H,10H2,1H3,(H2,21,22,23,24). The Hall–Kier alpha value is -3.39. The Labute approximate surface area is 138 Å². The van der Waals surface area contributed by atoms with Crippen LogP contribution in [-0.2, 0) is 6.42 Å². The monoisotopic (exact) mass is 317 g/mol. The Morgan fingerprint density at radius 2 is 1.88 bits per heavy atom. The van der Waals surface area contributed by atoms with Crippen molar-refractivity contribution < 1.29 is 5.11 Å². The molecule has 0 fully saturated rings. The van der Waals surface area contributed by atoms with E-state index in [0.29, 0.717) is 11.4 Å². The van der Waals surface area contributed by atoms with Gasteiger partial charge in [-0.2, -0.15) is 5.26 Å². The summed E-state index contributed by atoms with van der Waals surface area (Å²) < 4.78 is 0. The number of aromatic nitrogens is 2. The maximum Gasteiger partial charge on any atom is 0.258 e. The molecule has 1 heterocycles. The third kappa shape index (κ3) is 3.03. The third-order valence-corrected chi connectivity index (χ3v) is 3.81. The first-order chi connectivity index (χ1) is 11.6. The molecule has 0 aliphatic heterocycles. The van der Waals surface area contributed by atoms with E-state index >= 15 is 0 Å². The second kappa shape index (κ2) is 6.39. The molecule has 24 heavy (non-hydrogen) atoms. The molecule has 0 aliphatic carbocycles. The lowest BCUT2D eigenvalue weighted by atomic mass is 9.98. The van der Waals surface area contributed by atoms with Crippen LogP contribution in [0.2, 0.25) is 0 Å². The number of hydrogen-bond acceptors (Lipinski definition) is 4. The lowest BCUT2D eigenvalue weighted by Crippen LogP contribution is -2.15. The largest absolute Gasteiger partial charge is 0.493 e. The fraction of sp³-hybridized carbons (Fsp3) is 0.105. The molecule has 0 spiro atoms. The van der Waals surface area contributed by atoms with Crippen LogP contribution in [0.4, 0.5) is 0 Å². The van der Waals surface area contributed by atoms with Crippen molar-refractivity contribution in [1.82, 2.24) is 9.97 Å². The number of aryl methyl sites for hydroxylation is 1. The minimum atomic E-state index is -0.334. The van der Waals surface area contributed by atoms with Crippen molar-refractivity contribution in [3.8, 4) is 23.1 Å². The summed E-state index contributed by atoms with van der Waals surface area (Å²) in [6.45, 7) is 1.62. The molecule has 5 nitrogen and oxygen atoms in total. The van der Waals surface area contributed by atoms with Gasteiger partial charge in [-0.3, -0.25) is 4.79 Å². The number of nitriles is 1. The molecule has 3 rings (SSSR count). The van der Waals surface area contributed by atoms with Gasteiger partial charge >= 0.3 is 0 Å². The quantitative estimate of drug-likeness (QED) is 0.777. The molecule has 118 valence electrons.